The molecule has 7 heteroatoms. The van der Waals surface area contributed by atoms with Gasteiger partial charge in [-0.05, 0) is 24.6 Å². The molecule has 21 heavy (non-hydrogen) atoms. The summed E-state index contributed by atoms with van der Waals surface area (Å²) in [5.41, 5.74) is 6.49. The van der Waals surface area contributed by atoms with E-state index in [-0.39, 0.29) is 11.2 Å². The Morgan fingerprint density at radius 3 is 2.90 bits per heavy atom. The smallest absolute Gasteiger partial charge is 0.263 e. The molecule has 0 saturated heterocycles. The summed E-state index contributed by atoms with van der Waals surface area (Å²) in [6.07, 6.45) is 2.34. The summed E-state index contributed by atoms with van der Waals surface area (Å²) in [7, 11) is -0.877. The first-order valence-corrected chi connectivity index (χ1v) is 9.29. The van der Waals surface area contributed by atoms with Crippen molar-refractivity contribution in [2.75, 3.05) is 18.5 Å². The maximum Gasteiger partial charge on any atom is 0.263 e. The van der Waals surface area contributed by atoms with Gasteiger partial charge in [0.25, 0.3) is 5.91 Å². The van der Waals surface area contributed by atoms with E-state index in [1.54, 1.807) is 18.4 Å². The van der Waals surface area contributed by atoms with Crippen molar-refractivity contribution < 1.29 is 9.00 Å². The Hall–Kier alpha value is -1.11. The number of fused-ring (bicyclic) bond motifs is 1. The molecule has 2 unspecified atom stereocenters. The fourth-order valence-corrected chi connectivity index (χ4v) is 3.53. The Morgan fingerprint density at radius 2 is 2.24 bits per heavy atom. The van der Waals surface area contributed by atoms with Crippen LogP contribution in [0.3, 0.4) is 0 Å². The molecule has 4 nitrogen and oxygen atoms in total. The summed E-state index contributed by atoms with van der Waals surface area (Å²) in [6, 6.07) is 5.40. The molecule has 2 aromatic rings. The minimum absolute atomic E-state index is 0.0591. The number of carbonyl (C=O) groups is 1. The van der Waals surface area contributed by atoms with Crippen molar-refractivity contribution in [1.82, 2.24) is 5.32 Å². The van der Waals surface area contributed by atoms with Crippen LogP contribution >= 0.6 is 22.9 Å². The summed E-state index contributed by atoms with van der Waals surface area (Å²) in [4.78, 5) is 12.7. The van der Waals surface area contributed by atoms with Crippen molar-refractivity contribution in [3.8, 4) is 0 Å². The molecule has 3 N–H and O–H groups in total. The number of halogens is 1. The van der Waals surface area contributed by atoms with Crippen molar-refractivity contribution in [1.29, 1.82) is 0 Å². The molecule has 0 radical (unpaired) electrons. The molecule has 0 bridgehead atoms. The summed E-state index contributed by atoms with van der Waals surface area (Å²) < 4.78 is 12.2. The predicted molar refractivity (Wildman–Crippen MR) is 91.7 cm³/mol. The zero-order valence-electron chi connectivity index (χ0n) is 11.8. The molecule has 0 spiro atoms. The lowest BCUT2D eigenvalue weighted by molar-refractivity contribution is 0.0958. The number of benzene rings is 1. The second-order valence-corrected chi connectivity index (χ2v) is 8.13. The van der Waals surface area contributed by atoms with Crippen molar-refractivity contribution in [2.45, 2.75) is 18.6 Å². The average molecular weight is 345 g/mol. The Balaban J connectivity index is 2.09. The summed E-state index contributed by atoms with van der Waals surface area (Å²) >= 11 is 7.30. The fraction of sp³-hybridized carbons (Fsp3) is 0.357. The third-order valence-corrected chi connectivity index (χ3v) is 6.09. The number of hydrogen-bond acceptors (Lipinski definition) is 4. The third kappa shape index (κ3) is 3.75. The molecular weight excluding hydrogens is 328 g/mol. The molecule has 2 atom stereocenters. The van der Waals surface area contributed by atoms with Crippen LogP contribution in [-0.4, -0.2) is 28.2 Å². The lowest BCUT2D eigenvalue weighted by atomic mass is 10.2. The van der Waals surface area contributed by atoms with Gasteiger partial charge < -0.3 is 11.1 Å². The van der Waals surface area contributed by atoms with Gasteiger partial charge in [-0.2, -0.15) is 0 Å². The van der Waals surface area contributed by atoms with E-state index in [0.717, 1.165) is 10.1 Å². The number of amides is 1. The van der Waals surface area contributed by atoms with Crippen molar-refractivity contribution in [3.05, 3.63) is 28.1 Å². The molecule has 0 fully saturated rings. The van der Waals surface area contributed by atoms with Crippen molar-refractivity contribution in [3.63, 3.8) is 0 Å². The van der Waals surface area contributed by atoms with Gasteiger partial charge in [-0.3, -0.25) is 9.00 Å². The van der Waals surface area contributed by atoms with Crippen LogP contribution in [0, 0.1) is 0 Å². The minimum Gasteiger partial charge on any atom is -0.397 e. The fourth-order valence-electron chi connectivity index (χ4n) is 1.89. The SMILES string of the molecule is CC(CCNC(=O)c1sc2ccc(Cl)cc2c1N)S(C)=O. The maximum absolute atomic E-state index is 12.2. The van der Waals surface area contributed by atoms with E-state index in [4.69, 9.17) is 17.3 Å². The van der Waals surface area contributed by atoms with Gasteiger partial charge in [0.15, 0.2) is 0 Å². The second kappa shape index (κ2) is 6.77. The Morgan fingerprint density at radius 1 is 1.52 bits per heavy atom. The molecule has 1 heterocycles. The molecule has 1 amide bonds. The van der Waals surface area contributed by atoms with Gasteiger partial charge in [-0.1, -0.05) is 18.5 Å². The van der Waals surface area contributed by atoms with Gasteiger partial charge in [-0.25, -0.2) is 0 Å². The minimum atomic E-state index is -0.877. The highest BCUT2D eigenvalue weighted by atomic mass is 35.5. The highest BCUT2D eigenvalue weighted by Gasteiger charge is 2.16. The molecular formula is C14H17ClN2O2S2. The molecule has 2 rings (SSSR count). The number of anilines is 1. The molecule has 0 aliphatic rings. The quantitative estimate of drug-likeness (QED) is 0.875. The maximum atomic E-state index is 12.2. The topological polar surface area (TPSA) is 72.2 Å². The van der Waals surface area contributed by atoms with Gasteiger partial charge in [0.05, 0.1) is 5.69 Å². The van der Waals surface area contributed by atoms with Crippen LogP contribution in [0.1, 0.15) is 23.0 Å². The standard InChI is InChI=1S/C14H17ClN2O2S2/c1-8(21(2)19)5-6-17-14(18)13-12(16)10-7-9(15)3-4-11(10)20-13/h3-4,7-8H,5-6,16H2,1-2H3,(H,17,18). The van der Waals surface area contributed by atoms with E-state index in [1.807, 2.05) is 13.0 Å². The van der Waals surface area contributed by atoms with Gasteiger partial charge in [0.2, 0.25) is 0 Å². The zero-order chi connectivity index (χ0) is 15.6. The van der Waals surface area contributed by atoms with Crippen LogP contribution in [0.2, 0.25) is 5.02 Å². The Kier molecular flexibility index (Phi) is 5.24. The Bertz CT molecular complexity index is 700. The predicted octanol–water partition coefficient (Wildman–Crippen LogP) is 3.02. The van der Waals surface area contributed by atoms with Crippen molar-refractivity contribution >= 4 is 55.4 Å². The molecule has 0 aliphatic carbocycles. The number of hydrogen-bond donors (Lipinski definition) is 2. The summed E-state index contributed by atoms with van der Waals surface area (Å²) in [5, 5.41) is 4.29. The van der Waals surface area contributed by atoms with E-state index >= 15 is 0 Å². The van der Waals surface area contributed by atoms with Crippen LogP contribution in [0.25, 0.3) is 10.1 Å². The van der Waals surface area contributed by atoms with Crippen molar-refractivity contribution in [2.24, 2.45) is 0 Å². The van der Waals surface area contributed by atoms with Crippen LogP contribution in [0.4, 0.5) is 5.69 Å². The number of carbonyl (C=O) groups excluding carboxylic acids is 1. The van der Waals surface area contributed by atoms with Gasteiger partial charge >= 0.3 is 0 Å². The lowest BCUT2D eigenvalue weighted by Crippen LogP contribution is -2.27. The first-order chi connectivity index (χ1) is 9.90. The van der Waals surface area contributed by atoms with E-state index in [9.17, 15) is 9.00 Å². The molecule has 0 saturated carbocycles. The van der Waals surface area contributed by atoms with Crippen LogP contribution in [0.5, 0.6) is 0 Å². The normalized spacial score (nSPS) is 14.0. The highest BCUT2D eigenvalue weighted by molar-refractivity contribution is 7.84. The lowest BCUT2D eigenvalue weighted by Gasteiger charge is -2.08. The summed E-state index contributed by atoms with van der Waals surface area (Å²) in [6.45, 7) is 2.38. The number of nitrogens with one attached hydrogen (secondary N) is 1. The number of thiophene rings is 1. The first kappa shape index (κ1) is 16.3. The van der Waals surface area contributed by atoms with E-state index in [0.29, 0.717) is 28.6 Å². The van der Waals surface area contributed by atoms with Gasteiger partial charge in [0, 0.05) is 44.0 Å². The molecule has 1 aromatic carbocycles. The first-order valence-electron chi connectivity index (χ1n) is 6.48. The summed E-state index contributed by atoms with van der Waals surface area (Å²) in [5.74, 6) is -0.195. The van der Waals surface area contributed by atoms with Crippen LogP contribution in [0.15, 0.2) is 18.2 Å². The van der Waals surface area contributed by atoms with Crippen LogP contribution in [-0.2, 0) is 10.8 Å². The third-order valence-electron chi connectivity index (χ3n) is 3.30. The second-order valence-electron chi connectivity index (χ2n) is 4.84. The number of rotatable bonds is 5. The molecule has 0 aliphatic heterocycles. The van der Waals surface area contributed by atoms with Gasteiger partial charge in [-0.15, -0.1) is 11.3 Å². The number of nitrogens with two attached hydrogens (primary N) is 1. The molecule has 1 aromatic heterocycles. The van der Waals surface area contributed by atoms with E-state index in [2.05, 4.69) is 5.32 Å². The highest BCUT2D eigenvalue weighted by Crippen LogP contribution is 2.35. The van der Waals surface area contributed by atoms with Crippen LogP contribution < -0.4 is 11.1 Å². The van der Waals surface area contributed by atoms with E-state index < -0.39 is 10.8 Å². The average Bonchev–Trinajstić information content (AvgIpc) is 2.75. The van der Waals surface area contributed by atoms with E-state index in [1.165, 1.54) is 11.3 Å². The zero-order valence-corrected chi connectivity index (χ0v) is 14.2. The monoisotopic (exact) mass is 344 g/mol. The van der Waals surface area contributed by atoms with Gasteiger partial charge in [0.1, 0.15) is 4.88 Å². The number of nitrogen functional groups attached to an aromatic ring is 1. The molecule has 114 valence electrons. The Labute approximate surface area is 135 Å². The largest absolute Gasteiger partial charge is 0.397 e.